The minimum absolute atomic E-state index is 0.151. The highest BCUT2D eigenvalue weighted by Crippen LogP contribution is 2.36. The van der Waals surface area contributed by atoms with Crippen molar-refractivity contribution in [2.24, 2.45) is 5.11 Å². The second-order valence-corrected chi connectivity index (χ2v) is 9.10. The number of halogens is 1. The van der Waals surface area contributed by atoms with Crippen molar-refractivity contribution >= 4 is 5.91 Å². The lowest BCUT2D eigenvalue weighted by Gasteiger charge is -2.41. The maximum Gasteiger partial charge on any atom is 0.252 e. The van der Waals surface area contributed by atoms with Crippen molar-refractivity contribution in [3.63, 3.8) is 0 Å². The van der Waals surface area contributed by atoms with E-state index in [1.54, 1.807) is 17.0 Å². The summed E-state index contributed by atoms with van der Waals surface area (Å²) in [5.74, 6) is -0.492. The van der Waals surface area contributed by atoms with E-state index in [0.29, 0.717) is 13.2 Å². The quantitative estimate of drug-likeness (QED) is 0.267. The van der Waals surface area contributed by atoms with E-state index in [2.05, 4.69) is 16.1 Å². The van der Waals surface area contributed by atoms with E-state index in [9.17, 15) is 9.18 Å². The molecule has 36 heavy (non-hydrogen) atoms. The minimum atomic E-state index is -0.759. The van der Waals surface area contributed by atoms with Crippen LogP contribution in [0.1, 0.15) is 34.7 Å². The Balaban J connectivity index is 1.35. The van der Waals surface area contributed by atoms with E-state index in [-0.39, 0.29) is 30.8 Å². The van der Waals surface area contributed by atoms with Gasteiger partial charge < -0.3 is 14.4 Å². The molecule has 4 atom stereocenters. The van der Waals surface area contributed by atoms with Crippen LogP contribution < -0.4 is 0 Å². The van der Waals surface area contributed by atoms with Crippen molar-refractivity contribution < 1.29 is 18.7 Å². The Bertz CT molecular complexity index is 1250. The van der Waals surface area contributed by atoms with Crippen LogP contribution in [0.25, 0.3) is 10.4 Å². The number of hydrogen-bond donors (Lipinski definition) is 0. The van der Waals surface area contributed by atoms with Gasteiger partial charge >= 0.3 is 0 Å². The van der Waals surface area contributed by atoms with E-state index in [1.807, 2.05) is 48.5 Å². The summed E-state index contributed by atoms with van der Waals surface area (Å²) in [6, 6.07) is 23.1. The van der Waals surface area contributed by atoms with Gasteiger partial charge in [-0.1, -0.05) is 71.8 Å². The Morgan fingerprint density at radius 2 is 1.83 bits per heavy atom. The molecule has 0 aliphatic carbocycles. The molecule has 1 fully saturated rings. The Morgan fingerprint density at radius 1 is 1.08 bits per heavy atom. The third-order valence-corrected chi connectivity index (χ3v) is 6.88. The van der Waals surface area contributed by atoms with E-state index in [1.165, 1.54) is 17.7 Å². The molecule has 0 N–H and O–H groups in total. The summed E-state index contributed by atoms with van der Waals surface area (Å²) in [5.41, 5.74) is 13.2. The normalized spacial score (nSPS) is 23.4. The summed E-state index contributed by atoms with van der Waals surface area (Å²) in [6.45, 7) is 1.02. The topological polar surface area (TPSA) is 87.5 Å². The number of azide groups is 1. The summed E-state index contributed by atoms with van der Waals surface area (Å²) >= 11 is 0. The van der Waals surface area contributed by atoms with Gasteiger partial charge in [0.15, 0.2) is 0 Å². The van der Waals surface area contributed by atoms with Gasteiger partial charge in [0.25, 0.3) is 5.91 Å². The molecule has 2 aliphatic rings. The lowest BCUT2D eigenvalue weighted by Crippen LogP contribution is -2.51. The molecule has 0 aromatic heterocycles. The van der Waals surface area contributed by atoms with Crippen molar-refractivity contribution in [1.29, 1.82) is 0 Å². The zero-order valence-corrected chi connectivity index (χ0v) is 19.7. The first-order valence-electron chi connectivity index (χ1n) is 12.1. The van der Waals surface area contributed by atoms with Crippen LogP contribution in [-0.4, -0.2) is 42.2 Å². The number of nitrogens with zero attached hydrogens (tertiary/aromatic N) is 4. The number of ether oxygens (including phenoxy) is 2. The molecule has 0 saturated carbocycles. The van der Waals surface area contributed by atoms with Crippen LogP contribution in [0.5, 0.6) is 0 Å². The first-order valence-corrected chi connectivity index (χ1v) is 12.1. The van der Waals surface area contributed by atoms with Gasteiger partial charge in [-0.05, 0) is 52.8 Å². The summed E-state index contributed by atoms with van der Waals surface area (Å²) < 4.78 is 25.7. The number of carbonyl (C=O) groups excluding carboxylic acids is 1. The monoisotopic (exact) mass is 486 g/mol. The molecule has 8 heteroatoms. The van der Waals surface area contributed by atoms with Gasteiger partial charge in [0.05, 0.1) is 31.4 Å². The fourth-order valence-corrected chi connectivity index (χ4v) is 5.05. The van der Waals surface area contributed by atoms with Gasteiger partial charge in [-0.2, -0.15) is 0 Å². The largest absolute Gasteiger partial charge is 0.371 e. The Kier molecular flexibility index (Phi) is 7.28. The Hall–Kier alpha value is -3.71. The molecule has 7 nitrogen and oxygen atoms in total. The van der Waals surface area contributed by atoms with Crippen molar-refractivity contribution in [3.05, 3.63) is 117 Å². The lowest BCUT2D eigenvalue weighted by molar-refractivity contribution is -0.158. The molecule has 0 radical (unpaired) electrons. The zero-order valence-electron chi connectivity index (χ0n) is 19.7. The second-order valence-electron chi connectivity index (χ2n) is 9.10. The lowest BCUT2D eigenvalue weighted by atomic mass is 9.87. The second kappa shape index (κ2) is 10.9. The predicted molar refractivity (Wildman–Crippen MR) is 132 cm³/mol. The third-order valence-electron chi connectivity index (χ3n) is 6.88. The molecule has 5 rings (SSSR count). The van der Waals surface area contributed by atoms with Gasteiger partial charge in [-0.15, -0.1) is 0 Å². The molecule has 0 bridgehead atoms. The number of carbonyl (C=O) groups is 1. The van der Waals surface area contributed by atoms with Crippen LogP contribution in [0.4, 0.5) is 4.39 Å². The zero-order chi connectivity index (χ0) is 24.9. The molecular weight excluding hydrogens is 459 g/mol. The van der Waals surface area contributed by atoms with Crippen LogP contribution in [0, 0.1) is 5.82 Å². The fourth-order valence-electron chi connectivity index (χ4n) is 5.05. The molecule has 2 heterocycles. The summed E-state index contributed by atoms with van der Waals surface area (Å²) in [5, 5.41) is 3.94. The summed E-state index contributed by atoms with van der Waals surface area (Å²) in [4.78, 5) is 18.6. The van der Waals surface area contributed by atoms with Crippen LogP contribution in [0.3, 0.4) is 0 Å². The van der Waals surface area contributed by atoms with Gasteiger partial charge in [0.1, 0.15) is 11.9 Å². The maximum atomic E-state index is 13.8. The van der Waals surface area contributed by atoms with Crippen molar-refractivity contribution in [3.8, 4) is 0 Å². The molecule has 1 amide bonds. The van der Waals surface area contributed by atoms with Crippen LogP contribution in [0.15, 0.2) is 84.0 Å². The number of amides is 1. The first kappa shape index (κ1) is 24.0. The average molecular weight is 487 g/mol. The van der Waals surface area contributed by atoms with Crippen molar-refractivity contribution in [2.75, 3.05) is 13.2 Å². The molecule has 2 aliphatic heterocycles. The van der Waals surface area contributed by atoms with E-state index in [4.69, 9.17) is 15.0 Å². The Labute approximate surface area is 209 Å². The predicted octanol–water partition coefficient (Wildman–Crippen LogP) is 5.35. The number of fused-ring (bicyclic) bond motifs is 1. The Morgan fingerprint density at radius 3 is 2.61 bits per heavy atom. The fraction of sp³-hybridized carbons (Fsp3) is 0.321. The maximum absolute atomic E-state index is 13.8. The SMILES string of the molecule is [N-]=[N+]=NC1C[C@H](C(=O)N2CCc3ccccc3[C@@H]2c2ccc(F)cc2)OC[C@@H]1OCc1ccccc1. The third kappa shape index (κ3) is 5.11. The van der Waals surface area contributed by atoms with Crippen LogP contribution >= 0.6 is 0 Å². The molecule has 1 unspecified atom stereocenters. The van der Waals surface area contributed by atoms with Crippen LogP contribution in [-0.2, 0) is 27.3 Å². The van der Waals surface area contributed by atoms with Crippen LogP contribution in [0.2, 0.25) is 0 Å². The van der Waals surface area contributed by atoms with Gasteiger partial charge in [-0.3, -0.25) is 4.79 Å². The highest BCUT2D eigenvalue weighted by atomic mass is 19.1. The van der Waals surface area contributed by atoms with Gasteiger partial charge in [0, 0.05) is 11.5 Å². The summed E-state index contributed by atoms with van der Waals surface area (Å²) in [6.07, 6.45) is -0.253. The highest BCUT2D eigenvalue weighted by Gasteiger charge is 2.40. The number of benzene rings is 3. The first-order chi connectivity index (χ1) is 17.6. The molecular formula is C28H27FN4O3. The molecule has 3 aromatic rings. The van der Waals surface area contributed by atoms with Crippen molar-refractivity contribution in [2.45, 2.75) is 43.7 Å². The summed E-state index contributed by atoms with van der Waals surface area (Å²) in [7, 11) is 0. The van der Waals surface area contributed by atoms with E-state index in [0.717, 1.165) is 23.1 Å². The smallest absolute Gasteiger partial charge is 0.252 e. The highest BCUT2D eigenvalue weighted by molar-refractivity contribution is 5.82. The molecule has 0 spiro atoms. The number of rotatable bonds is 6. The molecule has 3 aromatic carbocycles. The van der Waals surface area contributed by atoms with Crippen molar-refractivity contribution in [1.82, 2.24) is 4.90 Å². The molecule has 184 valence electrons. The average Bonchev–Trinajstić information content (AvgIpc) is 2.92. The van der Waals surface area contributed by atoms with E-state index >= 15 is 0 Å². The van der Waals surface area contributed by atoms with Gasteiger partial charge in [0.2, 0.25) is 0 Å². The number of hydrogen-bond acceptors (Lipinski definition) is 4. The molecule has 1 saturated heterocycles. The van der Waals surface area contributed by atoms with Gasteiger partial charge in [-0.25, -0.2) is 4.39 Å². The standard InChI is InChI=1S/C28H27FN4O3/c29-22-12-10-21(11-13-22)27-23-9-5-4-8-20(23)14-15-33(27)28(34)25-16-24(31-32-30)26(18-36-25)35-17-19-6-2-1-3-7-19/h1-13,24-27H,14-18H2/t24?,25-,26+,27+/m1/s1. The van der Waals surface area contributed by atoms with E-state index < -0.39 is 18.2 Å². The minimum Gasteiger partial charge on any atom is -0.371 e.